The summed E-state index contributed by atoms with van der Waals surface area (Å²) in [7, 11) is 2.25. The molecule has 0 aromatic rings. The van der Waals surface area contributed by atoms with E-state index in [0.29, 0.717) is 0 Å². The van der Waals surface area contributed by atoms with Crippen LogP contribution in [0.15, 0.2) is 0 Å². The van der Waals surface area contributed by atoms with Crippen molar-refractivity contribution >= 4 is 11.8 Å². The lowest BCUT2D eigenvalue weighted by Gasteiger charge is -2.27. The molecular formula is C11H24N2S. The molecule has 0 aliphatic carbocycles. The van der Waals surface area contributed by atoms with E-state index < -0.39 is 0 Å². The Morgan fingerprint density at radius 1 is 1.57 bits per heavy atom. The van der Waals surface area contributed by atoms with Crippen LogP contribution in [-0.4, -0.2) is 49.1 Å². The van der Waals surface area contributed by atoms with Gasteiger partial charge in [-0.3, -0.25) is 0 Å². The molecule has 1 aliphatic rings. The van der Waals surface area contributed by atoms with Crippen LogP contribution in [-0.2, 0) is 0 Å². The van der Waals surface area contributed by atoms with Gasteiger partial charge in [0.15, 0.2) is 0 Å². The summed E-state index contributed by atoms with van der Waals surface area (Å²) in [5.74, 6) is 1.28. The molecule has 14 heavy (non-hydrogen) atoms. The zero-order valence-electron chi connectivity index (χ0n) is 9.75. The average molecular weight is 216 g/mol. The first-order chi connectivity index (χ1) is 6.74. The third-order valence-electron chi connectivity index (χ3n) is 3.16. The van der Waals surface area contributed by atoms with Gasteiger partial charge in [-0.2, -0.15) is 11.8 Å². The van der Waals surface area contributed by atoms with Gasteiger partial charge in [-0.15, -0.1) is 0 Å². The Balaban J connectivity index is 2.15. The Bertz CT molecular complexity index is 146. The molecule has 1 fully saturated rings. The molecule has 3 heteroatoms. The van der Waals surface area contributed by atoms with Gasteiger partial charge in [0, 0.05) is 18.6 Å². The lowest BCUT2D eigenvalue weighted by molar-refractivity contribution is 0.231. The largest absolute Gasteiger partial charge is 0.313 e. The molecule has 0 saturated carbocycles. The first kappa shape index (κ1) is 12.3. The number of rotatable bonds is 6. The van der Waals surface area contributed by atoms with Crippen molar-refractivity contribution < 1.29 is 0 Å². The molecular weight excluding hydrogens is 192 g/mol. The van der Waals surface area contributed by atoms with Gasteiger partial charge in [0.25, 0.3) is 0 Å². The highest BCUT2D eigenvalue weighted by Crippen LogP contribution is 2.10. The predicted octanol–water partition coefficient (Wildman–Crippen LogP) is 1.81. The number of nitrogens with one attached hydrogen (secondary N) is 1. The third-order valence-corrected chi connectivity index (χ3v) is 3.81. The van der Waals surface area contributed by atoms with Crippen molar-refractivity contribution in [2.24, 2.45) is 0 Å². The first-order valence-electron chi connectivity index (χ1n) is 5.66. The molecule has 0 spiro atoms. The molecule has 0 bridgehead atoms. The van der Waals surface area contributed by atoms with E-state index in [1.165, 1.54) is 38.1 Å². The average Bonchev–Trinajstić information content (AvgIpc) is 2.66. The van der Waals surface area contributed by atoms with Crippen molar-refractivity contribution in [3.63, 3.8) is 0 Å². The summed E-state index contributed by atoms with van der Waals surface area (Å²) in [6.07, 6.45) is 6.22. The highest BCUT2D eigenvalue weighted by molar-refractivity contribution is 7.98. The molecule has 2 nitrogen and oxygen atoms in total. The lowest BCUT2D eigenvalue weighted by atomic mass is 10.1. The molecule has 2 unspecified atom stereocenters. The van der Waals surface area contributed by atoms with Crippen LogP contribution in [0, 0.1) is 0 Å². The van der Waals surface area contributed by atoms with Crippen LogP contribution in [0.25, 0.3) is 0 Å². The molecule has 0 aromatic heterocycles. The maximum absolute atomic E-state index is 3.55. The summed E-state index contributed by atoms with van der Waals surface area (Å²) in [6.45, 7) is 4.78. The normalized spacial score (nSPS) is 24.4. The summed E-state index contributed by atoms with van der Waals surface area (Å²) < 4.78 is 0. The van der Waals surface area contributed by atoms with Crippen molar-refractivity contribution in [2.45, 2.75) is 38.3 Å². The minimum atomic E-state index is 0.727. The fraction of sp³-hybridized carbons (Fsp3) is 1.00. The van der Waals surface area contributed by atoms with E-state index in [0.717, 1.165) is 12.1 Å². The van der Waals surface area contributed by atoms with Crippen LogP contribution in [0.5, 0.6) is 0 Å². The van der Waals surface area contributed by atoms with Crippen molar-refractivity contribution in [1.29, 1.82) is 0 Å². The van der Waals surface area contributed by atoms with Gasteiger partial charge < -0.3 is 10.2 Å². The van der Waals surface area contributed by atoms with Crippen molar-refractivity contribution in [1.82, 2.24) is 10.2 Å². The Morgan fingerprint density at radius 2 is 2.36 bits per heavy atom. The van der Waals surface area contributed by atoms with Gasteiger partial charge in [-0.1, -0.05) is 0 Å². The Hall–Kier alpha value is 0.270. The van der Waals surface area contributed by atoms with Crippen molar-refractivity contribution in [2.75, 3.05) is 32.1 Å². The topological polar surface area (TPSA) is 15.3 Å². The van der Waals surface area contributed by atoms with Crippen LogP contribution >= 0.6 is 11.8 Å². The van der Waals surface area contributed by atoms with Gasteiger partial charge >= 0.3 is 0 Å². The van der Waals surface area contributed by atoms with Crippen LogP contribution < -0.4 is 5.32 Å². The summed E-state index contributed by atoms with van der Waals surface area (Å²) in [6, 6.07) is 1.47. The third kappa shape index (κ3) is 4.20. The lowest BCUT2D eigenvalue weighted by Crippen LogP contribution is -2.40. The van der Waals surface area contributed by atoms with E-state index in [1.54, 1.807) is 0 Å². The minimum Gasteiger partial charge on any atom is -0.313 e. The quantitative estimate of drug-likeness (QED) is 0.729. The zero-order chi connectivity index (χ0) is 10.4. The molecule has 0 aromatic carbocycles. The van der Waals surface area contributed by atoms with Crippen molar-refractivity contribution in [3.8, 4) is 0 Å². The standard InChI is InChI=1S/C11H24N2S/c1-10(6-8-14-3)13(2)9-11-5-4-7-12-11/h10-12H,4-9H2,1-3H3. The molecule has 84 valence electrons. The number of likely N-dealkylation sites (N-methyl/N-ethyl adjacent to an activating group) is 1. The van der Waals surface area contributed by atoms with E-state index in [1.807, 2.05) is 11.8 Å². The number of hydrogen-bond acceptors (Lipinski definition) is 3. The fourth-order valence-corrected chi connectivity index (χ4v) is 2.53. The van der Waals surface area contributed by atoms with Gasteiger partial charge in [-0.05, 0) is 51.8 Å². The van der Waals surface area contributed by atoms with E-state index >= 15 is 0 Å². The second kappa shape index (κ2) is 6.70. The maximum atomic E-state index is 3.55. The molecule has 1 saturated heterocycles. The van der Waals surface area contributed by atoms with E-state index in [9.17, 15) is 0 Å². The van der Waals surface area contributed by atoms with Gasteiger partial charge in [0.2, 0.25) is 0 Å². The Kier molecular flexibility index (Phi) is 5.90. The molecule has 0 amide bonds. The van der Waals surface area contributed by atoms with Gasteiger partial charge in [0.1, 0.15) is 0 Å². The van der Waals surface area contributed by atoms with Crippen LogP contribution in [0.3, 0.4) is 0 Å². The highest BCUT2D eigenvalue weighted by atomic mass is 32.2. The van der Waals surface area contributed by atoms with Gasteiger partial charge in [-0.25, -0.2) is 0 Å². The van der Waals surface area contributed by atoms with Crippen LogP contribution in [0.2, 0.25) is 0 Å². The minimum absolute atomic E-state index is 0.727. The second-order valence-corrected chi connectivity index (χ2v) is 5.35. The summed E-state index contributed by atoms with van der Waals surface area (Å²) in [4.78, 5) is 2.50. The molecule has 0 radical (unpaired) electrons. The molecule has 1 heterocycles. The smallest absolute Gasteiger partial charge is 0.0195 e. The van der Waals surface area contributed by atoms with Crippen molar-refractivity contribution in [3.05, 3.63) is 0 Å². The number of thioether (sulfide) groups is 1. The zero-order valence-corrected chi connectivity index (χ0v) is 10.6. The second-order valence-electron chi connectivity index (χ2n) is 4.36. The maximum Gasteiger partial charge on any atom is 0.0195 e. The monoisotopic (exact) mass is 216 g/mol. The van der Waals surface area contributed by atoms with Crippen LogP contribution in [0.4, 0.5) is 0 Å². The first-order valence-corrected chi connectivity index (χ1v) is 7.06. The van der Waals surface area contributed by atoms with Gasteiger partial charge in [0.05, 0.1) is 0 Å². The number of hydrogen-bond donors (Lipinski definition) is 1. The van der Waals surface area contributed by atoms with E-state index in [-0.39, 0.29) is 0 Å². The summed E-state index contributed by atoms with van der Waals surface area (Å²) in [5.41, 5.74) is 0. The SMILES string of the molecule is CSCCC(C)N(C)CC1CCCN1. The molecule has 1 aliphatic heterocycles. The molecule has 2 atom stereocenters. The Morgan fingerprint density at radius 3 is 2.93 bits per heavy atom. The summed E-state index contributed by atoms with van der Waals surface area (Å²) in [5, 5.41) is 3.55. The predicted molar refractivity (Wildman–Crippen MR) is 66.1 cm³/mol. The van der Waals surface area contributed by atoms with E-state index in [4.69, 9.17) is 0 Å². The molecule has 1 N–H and O–H groups in total. The Labute approximate surface area is 92.8 Å². The summed E-state index contributed by atoms with van der Waals surface area (Å²) >= 11 is 1.95. The van der Waals surface area contributed by atoms with E-state index in [2.05, 4.69) is 30.4 Å². The number of nitrogens with zero attached hydrogens (tertiary/aromatic N) is 1. The molecule has 1 rings (SSSR count). The van der Waals surface area contributed by atoms with Crippen LogP contribution in [0.1, 0.15) is 26.2 Å². The highest BCUT2D eigenvalue weighted by Gasteiger charge is 2.18. The fourth-order valence-electron chi connectivity index (χ4n) is 1.95.